The molecule has 0 heterocycles. The van der Waals surface area contributed by atoms with Crippen LogP contribution in [0.25, 0.3) is 0 Å². The highest BCUT2D eigenvalue weighted by atomic mass is 16.5. The molecule has 19 heavy (non-hydrogen) atoms. The van der Waals surface area contributed by atoms with Gasteiger partial charge in [0.15, 0.2) is 0 Å². The Morgan fingerprint density at radius 2 is 1.89 bits per heavy atom. The van der Waals surface area contributed by atoms with Crippen LogP contribution in [-0.2, 0) is 4.79 Å². The third kappa shape index (κ3) is 6.22. The van der Waals surface area contributed by atoms with Crippen molar-refractivity contribution >= 4 is 5.97 Å². The predicted molar refractivity (Wildman–Crippen MR) is 74.7 cm³/mol. The number of rotatable bonds is 8. The minimum absolute atomic E-state index is 0.261. The van der Waals surface area contributed by atoms with Crippen LogP contribution >= 0.6 is 0 Å². The number of benzene rings is 1. The number of likely N-dealkylation sites (N-methyl/N-ethyl adjacent to an activating group) is 2. The first-order valence-electron chi connectivity index (χ1n) is 6.42. The normalized spacial score (nSPS) is 10.5. The van der Waals surface area contributed by atoms with Gasteiger partial charge in [-0.05, 0) is 45.3 Å². The van der Waals surface area contributed by atoms with Crippen LogP contribution in [0.1, 0.15) is 6.92 Å². The van der Waals surface area contributed by atoms with E-state index in [2.05, 4.69) is 5.32 Å². The van der Waals surface area contributed by atoms with E-state index in [1.54, 1.807) is 24.3 Å². The smallest absolute Gasteiger partial charge is 0.325 e. The Labute approximate surface area is 114 Å². The van der Waals surface area contributed by atoms with E-state index in [1.165, 1.54) is 0 Å². The van der Waals surface area contributed by atoms with Gasteiger partial charge >= 0.3 is 5.97 Å². The molecular weight excluding hydrogens is 244 g/mol. The number of hydrogen-bond acceptors (Lipinski definition) is 5. The molecule has 0 unspecified atom stereocenters. The lowest BCUT2D eigenvalue weighted by atomic mass is 10.3. The van der Waals surface area contributed by atoms with E-state index in [0.29, 0.717) is 12.4 Å². The van der Waals surface area contributed by atoms with E-state index >= 15 is 0 Å². The van der Waals surface area contributed by atoms with Gasteiger partial charge in [0.2, 0.25) is 0 Å². The lowest BCUT2D eigenvalue weighted by Crippen LogP contribution is -2.33. The first-order chi connectivity index (χ1) is 9.15. The average molecular weight is 266 g/mol. The van der Waals surface area contributed by atoms with Crippen LogP contribution in [0.4, 0.5) is 0 Å². The van der Waals surface area contributed by atoms with Crippen molar-refractivity contribution in [2.24, 2.45) is 0 Å². The summed E-state index contributed by atoms with van der Waals surface area (Å²) in [5.41, 5.74) is 0. The quantitative estimate of drug-likeness (QED) is 0.565. The third-order valence-corrected chi connectivity index (χ3v) is 2.51. The molecule has 5 heteroatoms. The molecule has 0 atom stereocenters. The van der Waals surface area contributed by atoms with Crippen LogP contribution < -0.4 is 14.8 Å². The zero-order valence-electron chi connectivity index (χ0n) is 11.8. The van der Waals surface area contributed by atoms with E-state index in [9.17, 15) is 4.79 Å². The first kappa shape index (κ1) is 15.5. The Bertz CT molecular complexity index is 379. The van der Waals surface area contributed by atoms with Gasteiger partial charge in [0, 0.05) is 13.1 Å². The lowest BCUT2D eigenvalue weighted by molar-refractivity contribution is -0.135. The van der Waals surface area contributed by atoms with Crippen LogP contribution in [0.2, 0.25) is 0 Å². The number of nitrogens with one attached hydrogen (secondary N) is 1. The molecule has 0 fully saturated rings. The zero-order chi connectivity index (χ0) is 14.1. The molecule has 0 aliphatic rings. The number of hydrogen-bond donors (Lipinski definition) is 1. The van der Waals surface area contributed by atoms with E-state index in [4.69, 9.17) is 9.47 Å². The van der Waals surface area contributed by atoms with Crippen molar-refractivity contribution in [2.45, 2.75) is 6.92 Å². The van der Waals surface area contributed by atoms with Crippen LogP contribution in [0.5, 0.6) is 11.5 Å². The van der Waals surface area contributed by atoms with Gasteiger partial charge in [0.1, 0.15) is 11.5 Å². The molecule has 0 spiro atoms. The van der Waals surface area contributed by atoms with Crippen molar-refractivity contribution in [2.75, 3.05) is 40.3 Å². The van der Waals surface area contributed by atoms with Gasteiger partial charge in [-0.2, -0.15) is 0 Å². The molecule has 1 N–H and O–H groups in total. The third-order valence-electron chi connectivity index (χ3n) is 2.51. The predicted octanol–water partition coefficient (Wildman–Crippen LogP) is 1.14. The van der Waals surface area contributed by atoms with Gasteiger partial charge in [-0.3, -0.25) is 9.69 Å². The number of esters is 1. The summed E-state index contributed by atoms with van der Waals surface area (Å²) < 4.78 is 10.6. The maximum atomic E-state index is 11.7. The van der Waals surface area contributed by atoms with Crippen molar-refractivity contribution in [1.82, 2.24) is 10.2 Å². The molecule has 0 bridgehead atoms. The van der Waals surface area contributed by atoms with E-state index in [0.717, 1.165) is 18.8 Å². The Balaban J connectivity index is 2.39. The van der Waals surface area contributed by atoms with Crippen LogP contribution in [0.15, 0.2) is 24.3 Å². The first-order valence-corrected chi connectivity index (χ1v) is 6.42. The molecule has 5 nitrogen and oxygen atoms in total. The molecule has 1 rings (SSSR count). The summed E-state index contributed by atoms with van der Waals surface area (Å²) in [5.74, 6) is 1.05. The molecule has 0 aromatic heterocycles. The zero-order valence-corrected chi connectivity index (χ0v) is 11.8. The van der Waals surface area contributed by atoms with E-state index < -0.39 is 0 Å². The monoisotopic (exact) mass is 266 g/mol. The molecular formula is C14H22N2O3. The Morgan fingerprint density at radius 1 is 1.26 bits per heavy atom. The minimum atomic E-state index is -0.261. The summed E-state index contributed by atoms with van der Waals surface area (Å²) in [5, 5.41) is 3.03. The average Bonchev–Trinajstić information content (AvgIpc) is 2.39. The fourth-order valence-electron chi connectivity index (χ4n) is 1.54. The topological polar surface area (TPSA) is 50.8 Å². The summed E-state index contributed by atoms with van der Waals surface area (Å²) in [7, 11) is 3.77. The highest BCUT2D eigenvalue weighted by Gasteiger charge is 2.08. The maximum absolute atomic E-state index is 11.7. The summed E-state index contributed by atoms with van der Waals surface area (Å²) in [6.45, 7) is 4.46. The molecule has 106 valence electrons. The van der Waals surface area contributed by atoms with Gasteiger partial charge in [0.25, 0.3) is 0 Å². The van der Waals surface area contributed by atoms with Gasteiger partial charge in [0.05, 0.1) is 13.2 Å². The summed E-state index contributed by atoms with van der Waals surface area (Å²) in [4.78, 5) is 13.6. The Kier molecular flexibility index (Phi) is 6.92. The second-order valence-electron chi connectivity index (χ2n) is 4.22. The second-order valence-corrected chi connectivity index (χ2v) is 4.22. The highest BCUT2D eigenvalue weighted by molar-refractivity contribution is 5.74. The van der Waals surface area contributed by atoms with Gasteiger partial charge in [-0.1, -0.05) is 0 Å². The minimum Gasteiger partial charge on any atom is -0.494 e. The Morgan fingerprint density at radius 3 is 2.47 bits per heavy atom. The lowest BCUT2D eigenvalue weighted by Gasteiger charge is -2.15. The van der Waals surface area contributed by atoms with Crippen molar-refractivity contribution in [1.29, 1.82) is 0 Å². The SMILES string of the molecule is CCOc1ccc(OC(=O)CN(C)CCNC)cc1. The van der Waals surface area contributed by atoms with E-state index in [1.807, 2.05) is 25.9 Å². The Hall–Kier alpha value is -1.59. The summed E-state index contributed by atoms with van der Waals surface area (Å²) in [6.07, 6.45) is 0. The standard InChI is InChI=1S/C14H22N2O3/c1-4-18-12-5-7-13(8-6-12)19-14(17)11-16(3)10-9-15-2/h5-8,15H,4,9-11H2,1-3H3. The van der Waals surface area contributed by atoms with Gasteiger partial charge in [-0.25, -0.2) is 0 Å². The van der Waals surface area contributed by atoms with Crippen molar-refractivity contribution in [3.05, 3.63) is 24.3 Å². The molecule has 0 aliphatic carbocycles. The molecule has 0 saturated heterocycles. The fraction of sp³-hybridized carbons (Fsp3) is 0.500. The molecule has 1 aromatic carbocycles. The van der Waals surface area contributed by atoms with Crippen LogP contribution in [0.3, 0.4) is 0 Å². The van der Waals surface area contributed by atoms with Crippen molar-refractivity contribution in [3.8, 4) is 11.5 Å². The van der Waals surface area contributed by atoms with Crippen molar-refractivity contribution < 1.29 is 14.3 Å². The highest BCUT2D eigenvalue weighted by Crippen LogP contribution is 2.17. The molecule has 0 amide bonds. The van der Waals surface area contributed by atoms with Gasteiger partial charge < -0.3 is 14.8 Å². The van der Waals surface area contributed by atoms with Crippen LogP contribution in [0, 0.1) is 0 Å². The number of carbonyl (C=O) groups is 1. The number of nitrogens with zero attached hydrogens (tertiary/aromatic N) is 1. The van der Waals surface area contributed by atoms with E-state index in [-0.39, 0.29) is 12.5 Å². The molecule has 0 radical (unpaired) electrons. The summed E-state index contributed by atoms with van der Waals surface area (Å²) in [6, 6.07) is 7.04. The molecule has 0 aliphatic heterocycles. The maximum Gasteiger partial charge on any atom is 0.325 e. The summed E-state index contributed by atoms with van der Waals surface area (Å²) >= 11 is 0. The van der Waals surface area contributed by atoms with Gasteiger partial charge in [-0.15, -0.1) is 0 Å². The van der Waals surface area contributed by atoms with Crippen LogP contribution in [-0.4, -0.2) is 51.2 Å². The second kappa shape index (κ2) is 8.50. The largest absolute Gasteiger partial charge is 0.494 e. The molecule has 0 saturated carbocycles. The fourth-order valence-corrected chi connectivity index (χ4v) is 1.54. The molecule has 1 aromatic rings. The van der Waals surface area contributed by atoms with Crippen molar-refractivity contribution in [3.63, 3.8) is 0 Å². The number of carbonyl (C=O) groups excluding carboxylic acids is 1. The number of ether oxygens (including phenoxy) is 2.